The quantitative estimate of drug-likeness (QED) is 0.438. The van der Waals surface area contributed by atoms with Crippen LogP contribution in [0.5, 0.6) is 0 Å². The lowest BCUT2D eigenvalue weighted by Gasteiger charge is -2.05. The van der Waals surface area contributed by atoms with Crippen LogP contribution in [-0.2, 0) is 0 Å². The standard InChI is InChI=1S/C21H15N/c1-2-5-19-15-21-17(9-8-16-10-12-22-13-11-16)6-3-7-20(21)14-18(19)4-1/h1-15H/b9-8+. The zero-order valence-electron chi connectivity index (χ0n) is 12.1. The monoisotopic (exact) mass is 281 g/mol. The average Bonchev–Trinajstić information content (AvgIpc) is 2.59. The van der Waals surface area contributed by atoms with Crippen molar-refractivity contribution in [1.82, 2.24) is 4.98 Å². The first-order valence-corrected chi connectivity index (χ1v) is 7.40. The van der Waals surface area contributed by atoms with E-state index in [4.69, 9.17) is 0 Å². The molecule has 0 N–H and O–H groups in total. The predicted molar refractivity (Wildman–Crippen MR) is 94.6 cm³/mol. The Bertz CT molecular complexity index is 969. The molecule has 0 aliphatic rings. The van der Waals surface area contributed by atoms with Crippen LogP contribution >= 0.6 is 0 Å². The van der Waals surface area contributed by atoms with Gasteiger partial charge in [0.2, 0.25) is 0 Å². The molecule has 104 valence electrons. The Morgan fingerprint density at radius 3 is 2.18 bits per heavy atom. The molecule has 0 amide bonds. The van der Waals surface area contributed by atoms with E-state index in [2.05, 4.69) is 71.7 Å². The Kier molecular flexibility index (Phi) is 3.17. The first-order valence-electron chi connectivity index (χ1n) is 7.40. The molecule has 0 saturated carbocycles. The SMILES string of the molecule is C(=C\c1cccc2cc3ccccc3cc12)/c1ccncc1. The highest BCUT2D eigenvalue weighted by Gasteiger charge is 2.01. The lowest BCUT2D eigenvalue weighted by atomic mass is 9.99. The van der Waals surface area contributed by atoms with Crippen LogP contribution in [0.1, 0.15) is 11.1 Å². The number of nitrogens with zero attached hydrogens (tertiary/aromatic N) is 1. The largest absolute Gasteiger partial charge is 0.265 e. The van der Waals surface area contributed by atoms with Crippen LogP contribution in [0.3, 0.4) is 0 Å². The van der Waals surface area contributed by atoms with E-state index in [1.54, 1.807) is 0 Å². The maximum Gasteiger partial charge on any atom is 0.0273 e. The van der Waals surface area contributed by atoms with Gasteiger partial charge < -0.3 is 0 Å². The molecule has 1 heteroatoms. The molecular weight excluding hydrogens is 266 g/mol. The normalized spacial score (nSPS) is 11.5. The predicted octanol–water partition coefficient (Wildman–Crippen LogP) is 5.56. The van der Waals surface area contributed by atoms with Crippen molar-refractivity contribution in [2.24, 2.45) is 0 Å². The minimum Gasteiger partial charge on any atom is -0.265 e. The Morgan fingerprint density at radius 1 is 0.636 bits per heavy atom. The smallest absolute Gasteiger partial charge is 0.0273 e. The summed E-state index contributed by atoms with van der Waals surface area (Å²) in [7, 11) is 0. The highest BCUT2D eigenvalue weighted by Crippen LogP contribution is 2.26. The summed E-state index contributed by atoms with van der Waals surface area (Å²) in [6.45, 7) is 0. The minimum absolute atomic E-state index is 1.16. The first-order chi connectivity index (χ1) is 10.9. The molecule has 4 aromatic rings. The van der Waals surface area contributed by atoms with Gasteiger partial charge in [-0.3, -0.25) is 4.98 Å². The molecule has 0 aliphatic carbocycles. The second-order valence-electron chi connectivity index (χ2n) is 5.38. The number of rotatable bonds is 2. The van der Waals surface area contributed by atoms with Crippen LogP contribution in [0.2, 0.25) is 0 Å². The fraction of sp³-hybridized carbons (Fsp3) is 0. The van der Waals surface area contributed by atoms with Gasteiger partial charge >= 0.3 is 0 Å². The van der Waals surface area contributed by atoms with Gasteiger partial charge in [0, 0.05) is 12.4 Å². The molecule has 0 unspecified atom stereocenters. The van der Waals surface area contributed by atoms with Crippen molar-refractivity contribution < 1.29 is 0 Å². The van der Waals surface area contributed by atoms with Crippen molar-refractivity contribution in [3.05, 3.63) is 90.3 Å². The molecule has 22 heavy (non-hydrogen) atoms. The van der Waals surface area contributed by atoms with Crippen LogP contribution in [0.25, 0.3) is 33.7 Å². The third-order valence-electron chi connectivity index (χ3n) is 3.94. The number of fused-ring (bicyclic) bond motifs is 2. The fourth-order valence-electron chi connectivity index (χ4n) is 2.80. The van der Waals surface area contributed by atoms with Gasteiger partial charge in [0.05, 0.1) is 0 Å². The average molecular weight is 281 g/mol. The highest BCUT2D eigenvalue weighted by atomic mass is 14.6. The van der Waals surface area contributed by atoms with Crippen molar-refractivity contribution in [2.45, 2.75) is 0 Å². The molecule has 0 atom stereocenters. The number of hydrogen-bond acceptors (Lipinski definition) is 1. The lowest BCUT2D eigenvalue weighted by molar-refractivity contribution is 1.32. The maximum atomic E-state index is 4.05. The molecule has 1 nitrogen and oxygen atoms in total. The summed E-state index contributed by atoms with van der Waals surface area (Å²) in [6, 6.07) is 23.5. The van der Waals surface area contributed by atoms with Crippen molar-refractivity contribution in [3.8, 4) is 0 Å². The van der Waals surface area contributed by atoms with Crippen molar-refractivity contribution >= 4 is 33.7 Å². The van der Waals surface area contributed by atoms with Gasteiger partial charge in [-0.25, -0.2) is 0 Å². The Balaban J connectivity index is 1.87. The summed E-state index contributed by atoms with van der Waals surface area (Å²) in [4.78, 5) is 4.05. The van der Waals surface area contributed by atoms with Gasteiger partial charge in [-0.2, -0.15) is 0 Å². The second kappa shape index (κ2) is 5.45. The third kappa shape index (κ3) is 2.38. The van der Waals surface area contributed by atoms with Gasteiger partial charge in [0.15, 0.2) is 0 Å². The van der Waals surface area contributed by atoms with Crippen molar-refractivity contribution in [2.75, 3.05) is 0 Å². The topological polar surface area (TPSA) is 12.9 Å². The molecule has 0 saturated heterocycles. The number of aromatic nitrogens is 1. The van der Waals surface area contributed by atoms with E-state index in [-0.39, 0.29) is 0 Å². The molecule has 0 fully saturated rings. The zero-order chi connectivity index (χ0) is 14.8. The van der Waals surface area contributed by atoms with E-state index in [9.17, 15) is 0 Å². The Labute approximate surface area is 129 Å². The second-order valence-corrected chi connectivity index (χ2v) is 5.38. The lowest BCUT2D eigenvalue weighted by Crippen LogP contribution is -1.80. The van der Waals surface area contributed by atoms with Crippen molar-refractivity contribution in [1.29, 1.82) is 0 Å². The summed E-state index contributed by atoms with van der Waals surface area (Å²) in [5.74, 6) is 0. The van der Waals surface area contributed by atoms with Gasteiger partial charge in [0.1, 0.15) is 0 Å². The van der Waals surface area contributed by atoms with Crippen LogP contribution in [0.15, 0.2) is 79.1 Å². The number of hydrogen-bond donors (Lipinski definition) is 0. The fourth-order valence-corrected chi connectivity index (χ4v) is 2.80. The molecule has 1 heterocycles. The summed E-state index contributed by atoms with van der Waals surface area (Å²) in [5.41, 5.74) is 2.40. The number of benzene rings is 3. The Morgan fingerprint density at radius 2 is 1.36 bits per heavy atom. The van der Waals surface area contributed by atoms with E-state index >= 15 is 0 Å². The maximum absolute atomic E-state index is 4.05. The molecule has 1 aromatic heterocycles. The van der Waals surface area contributed by atoms with Gasteiger partial charge in [-0.1, -0.05) is 54.6 Å². The van der Waals surface area contributed by atoms with Gasteiger partial charge in [-0.15, -0.1) is 0 Å². The van der Waals surface area contributed by atoms with E-state index in [1.807, 2.05) is 24.5 Å². The van der Waals surface area contributed by atoms with E-state index in [1.165, 1.54) is 27.1 Å². The number of pyridine rings is 1. The highest BCUT2D eigenvalue weighted by molar-refractivity contribution is 6.02. The molecule has 0 bridgehead atoms. The van der Waals surface area contributed by atoms with E-state index < -0.39 is 0 Å². The van der Waals surface area contributed by atoms with Crippen molar-refractivity contribution in [3.63, 3.8) is 0 Å². The Hall–Kier alpha value is -2.93. The van der Waals surface area contributed by atoms with Gasteiger partial charge in [-0.05, 0) is 56.9 Å². The molecule has 0 spiro atoms. The first kappa shape index (κ1) is 12.8. The van der Waals surface area contributed by atoms with E-state index in [0.717, 1.165) is 5.56 Å². The molecule has 0 radical (unpaired) electrons. The van der Waals surface area contributed by atoms with Crippen LogP contribution < -0.4 is 0 Å². The molecule has 4 rings (SSSR count). The third-order valence-corrected chi connectivity index (χ3v) is 3.94. The van der Waals surface area contributed by atoms with E-state index in [0.29, 0.717) is 0 Å². The zero-order valence-corrected chi connectivity index (χ0v) is 12.1. The molecular formula is C21H15N. The van der Waals surface area contributed by atoms with Gasteiger partial charge in [0.25, 0.3) is 0 Å². The summed E-state index contributed by atoms with van der Waals surface area (Å²) in [5, 5.41) is 5.12. The summed E-state index contributed by atoms with van der Waals surface area (Å²) in [6.07, 6.45) is 7.94. The summed E-state index contributed by atoms with van der Waals surface area (Å²) >= 11 is 0. The molecule has 3 aromatic carbocycles. The summed E-state index contributed by atoms with van der Waals surface area (Å²) < 4.78 is 0. The van der Waals surface area contributed by atoms with Crippen LogP contribution in [-0.4, -0.2) is 4.98 Å². The van der Waals surface area contributed by atoms with Crippen LogP contribution in [0, 0.1) is 0 Å². The molecule has 0 aliphatic heterocycles. The minimum atomic E-state index is 1.16. The van der Waals surface area contributed by atoms with Crippen LogP contribution in [0.4, 0.5) is 0 Å².